The minimum atomic E-state index is -0.583. The summed E-state index contributed by atoms with van der Waals surface area (Å²) in [5, 5.41) is 26.6. The number of aliphatic hydroxyl groups excluding tert-OH is 1. The fraction of sp³-hybridized carbons (Fsp3) is 0.319. The number of carbonyl (C=O) groups excluding carboxylic acids is 2. The molecule has 2 heterocycles. The van der Waals surface area contributed by atoms with E-state index in [-0.39, 0.29) is 41.2 Å². The average molecular weight is 813 g/mol. The molecule has 5 N–H and O–H groups in total. The van der Waals surface area contributed by atoms with Gasteiger partial charge in [-0.15, -0.1) is 0 Å². The number of para-hydroxylation sites is 2. The van der Waals surface area contributed by atoms with Crippen LogP contribution in [-0.2, 0) is 32.2 Å². The molecule has 0 unspecified atom stereocenters. The van der Waals surface area contributed by atoms with E-state index >= 15 is 0 Å². The maximum absolute atomic E-state index is 12.6. The second-order valence-corrected chi connectivity index (χ2v) is 15.4. The van der Waals surface area contributed by atoms with E-state index in [4.69, 9.17) is 15.2 Å². The number of piperazine rings is 1. The van der Waals surface area contributed by atoms with Crippen LogP contribution in [0.2, 0.25) is 0 Å². The number of nitro benzene ring substituents is 1. The highest BCUT2D eigenvalue weighted by Gasteiger charge is 2.34. The number of aliphatic hydroxyl groups is 1. The van der Waals surface area contributed by atoms with Crippen molar-refractivity contribution >= 4 is 34.6 Å². The standard InChI is InChI=1S/C47H52N6O7/c48-42-8-1-2-9-43(42)50-46(56)11-4-3-10-45(55)49-30-34-6-5-7-38(28-34)35-16-18-37(19-17-35)47-59-41(29-44(60-47)36-14-12-33(32-54)13-15-36)31-51-24-26-52(27-25-51)39-20-22-40(23-21-39)53(57)58/h1-2,5-9,12-23,28,41,44,47,54H,3-4,10-11,24-27,29-32,48H2,(H,49,55)(H,50,56)/t41-,44+,47+/m1/s1. The molecule has 2 fully saturated rings. The summed E-state index contributed by atoms with van der Waals surface area (Å²) < 4.78 is 13.3. The van der Waals surface area contributed by atoms with Crippen molar-refractivity contribution < 1.29 is 29.1 Å². The van der Waals surface area contributed by atoms with Crippen molar-refractivity contribution in [1.82, 2.24) is 10.2 Å². The summed E-state index contributed by atoms with van der Waals surface area (Å²) in [5.41, 5.74) is 13.9. The summed E-state index contributed by atoms with van der Waals surface area (Å²) in [6.07, 6.45) is 1.65. The zero-order chi connectivity index (χ0) is 41.8. The smallest absolute Gasteiger partial charge is 0.269 e. The van der Waals surface area contributed by atoms with E-state index in [0.717, 1.165) is 71.8 Å². The summed E-state index contributed by atoms with van der Waals surface area (Å²) >= 11 is 0. The predicted octanol–water partition coefficient (Wildman–Crippen LogP) is 7.52. The van der Waals surface area contributed by atoms with E-state index in [1.807, 2.05) is 78.9 Å². The molecule has 5 aromatic carbocycles. The highest BCUT2D eigenvalue weighted by molar-refractivity contribution is 5.93. The number of non-ortho nitro benzene ring substituents is 1. The molecule has 60 heavy (non-hydrogen) atoms. The number of carbonyl (C=O) groups is 2. The van der Waals surface area contributed by atoms with Crippen molar-refractivity contribution in [3.8, 4) is 11.1 Å². The molecule has 2 aliphatic heterocycles. The van der Waals surface area contributed by atoms with Gasteiger partial charge in [0.15, 0.2) is 6.29 Å². The maximum atomic E-state index is 12.6. The molecule has 13 nitrogen and oxygen atoms in total. The molecule has 0 spiro atoms. The van der Waals surface area contributed by atoms with Crippen molar-refractivity contribution in [2.24, 2.45) is 0 Å². The van der Waals surface area contributed by atoms with Gasteiger partial charge >= 0.3 is 0 Å². The molecule has 0 radical (unpaired) electrons. The average Bonchev–Trinajstić information content (AvgIpc) is 3.28. The fourth-order valence-corrected chi connectivity index (χ4v) is 7.67. The van der Waals surface area contributed by atoms with Crippen molar-refractivity contribution in [2.45, 2.75) is 63.8 Å². The number of nitrogens with one attached hydrogen (secondary N) is 2. The molecule has 312 valence electrons. The van der Waals surface area contributed by atoms with Crippen LogP contribution < -0.4 is 21.3 Å². The molecule has 2 aliphatic rings. The predicted molar refractivity (Wildman–Crippen MR) is 232 cm³/mol. The minimum Gasteiger partial charge on any atom is -0.397 e. The Balaban J connectivity index is 0.926. The number of nitrogens with two attached hydrogens (primary N) is 1. The lowest BCUT2D eigenvalue weighted by molar-refractivity contribution is -0.384. The van der Waals surface area contributed by atoms with Crippen LogP contribution >= 0.6 is 0 Å². The van der Waals surface area contributed by atoms with Gasteiger partial charge in [0.05, 0.1) is 35.1 Å². The van der Waals surface area contributed by atoms with Crippen molar-refractivity contribution in [3.05, 3.63) is 154 Å². The van der Waals surface area contributed by atoms with E-state index in [9.17, 15) is 24.8 Å². The van der Waals surface area contributed by atoms with Crippen LogP contribution in [0.15, 0.2) is 121 Å². The van der Waals surface area contributed by atoms with Gasteiger partial charge in [0, 0.05) is 81.9 Å². The lowest BCUT2D eigenvalue weighted by Gasteiger charge is -2.41. The monoisotopic (exact) mass is 812 g/mol. The third kappa shape index (κ3) is 11.3. The molecule has 13 heteroatoms. The summed E-state index contributed by atoms with van der Waals surface area (Å²) in [6, 6.07) is 38.1. The van der Waals surface area contributed by atoms with Gasteiger partial charge in [0.1, 0.15) is 0 Å². The molecule has 3 atom stereocenters. The van der Waals surface area contributed by atoms with E-state index in [1.165, 1.54) is 0 Å². The topological polar surface area (TPSA) is 173 Å². The first-order valence-electron chi connectivity index (χ1n) is 20.5. The van der Waals surface area contributed by atoms with Gasteiger partial charge in [0.2, 0.25) is 11.8 Å². The van der Waals surface area contributed by atoms with Gasteiger partial charge in [-0.2, -0.15) is 0 Å². The van der Waals surface area contributed by atoms with Crippen LogP contribution in [0.1, 0.15) is 66.8 Å². The first-order valence-corrected chi connectivity index (χ1v) is 20.5. The third-order valence-corrected chi connectivity index (χ3v) is 11.1. The maximum Gasteiger partial charge on any atom is 0.269 e. The summed E-state index contributed by atoms with van der Waals surface area (Å²) in [4.78, 5) is 40.3. The Hall–Kier alpha value is -6.12. The lowest BCUT2D eigenvalue weighted by Crippen LogP contribution is -2.49. The van der Waals surface area contributed by atoms with E-state index in [2.05, 4.69) is 38.6 Å². The van der Waals surface area contributed by atoms with Gasteiger partial charge in [-0.25, -0.2) is 0 Å². The van der Waals surface area contributed by atoms with E-state index in [1.54, 1.807) is 24.3 Å². The van der Waals surface area contributed by atoms with Gasteiger partial charge < -0.3 is 35.8 Å². The first-order chi connectivity index (χ1) is 29.2. The number of nitrogen functional groups attached to an aromatic ring is 1. The SMILES string of the molecule is Nc1ccccc1NC(=O)CCCCC(=O)NCc1cccc(-c2ccc([C@H]3O[C@@H](CN4CCN(c5ccc([N+](=O)[O-])cc5)CC4)C[C@@H](c4ccc(CO)cc4)O3)cc2)c1. The molecular weight excluding hydrogens is 761 g/mol. The normalized spacial score (nSPS) is 18.1. The number of nitrogens with zero attached hydrogens (tertiary/aromatic N) is 3. The van der Waals surface area contributed by atoms with Crippen LogP contribution in [0.4, 0.5) is 22.7 Å². The number of ether oxygens (including phenoxy) is 2. The number of rotatable bonds is 16. The number of anilines is 3. The van der Waals surface area contributed by atoms with Crippen LogP contribution in [0.5, 0.6) is 0 Å². The highest BCUT2D eigenvalue weighted by atomic mass is 16.7. The summed E-state index contributed by atoms with van der Waals surface area (Å²) in [6.45, 7) is 4.40. The Kier molecular flexibility index (Phi) is 14.2. The fourth-order valence-electron chi connectivity index (χ4n) is 7.67. The largest absolute Gasteiger partial charge is 0.397 e. The Labute approximate surface area is 350 Å². The minimum absolute atomic E-state index is 0.0223. The number of unbranched alkanes of at least 4 members (excludes halogenated alkanes) is 1. The van der Waals surface area contributed by atoms with E-state index in [0.29, 0.717) is 50.0 Å². The van der Waals surface area contributed by atoms with Crippen molar-refractivity contribution in [3.63, 3.8) is 0 Å². The highest BCUT2D eigenvalue weighted by Crippen LogP contribution is 2.39. The quantitative estimate of drug-likeness (QED) is 0.0338. The van der Waals surface area contributed by atoms with Crippen LogP contribution in [0, 0.1) is 10.1 Å². The molecule has 2 amide bonds. The zero-order valence-corrected chi connectivity index (χ0v) is 33.6. The second kappa shape index (κ2) is 20.2. The Bertz CT molecular complexity index is 2210. The lowest BCUT2D eigenvalue weighted by atomic mass is 9.98. The number of benzene rings is 5. The molecular formula is C47H52N6O7. The van der Waals surface area contributed by atoms with Crippen LogP contribution in [0.25, 0.3) is 11.1 Å². The molecule has 0 bridgehead atoms. The zero-order valence-electron chi connectivity index (χ0n) is 33.6. The molecule has 5 aromatic rings. The Morgan fingerprint density at radius 1 is 0.767 bits per heavy atom. The first kappa shape index (κ1) is 42.0. The third-order valence-electron chi connectivity index (χ3n) is 11.1. The van der Waals surface area contributed by atoms with Crippen molar-refractivity contribution in [2.75, 3.05) is 48.7 Å². The second-order valence-electron chi connectivity index (χ2n) is 15.4. The molecule has 7 rings (SSSR count). The molecule has 0 saturated carbocycles. The Morgan fingerprint density at radius 3 is 2.17 bits per heavy atom. The van der Waals surface area contributed by atoms with Gasteiger partial charge in [-0.3, -0.25) is 24.6 Å². The van der Waals surface area contributed by atoms with Crippen molar-refractivity contribution in [1.29, 1.82) is 0 Å². The number of hydrogen-bond acceptors (Lipinski definition) is 10. The number of amides is 2. The number of hydrogen-bond donors (Lipinski definition) is 4. The van der Waals surface area contributed by atoms with Crippen LogP contribution in [-0.4, -0.2) is 65.6 Å². The summed E-state index contributed by atoms with van der Waals surface area (Å²) in [5.74, 6) is -0.184. The van der Waals surface area contributed by atoms with Gasteiger partial charge in [0.25, 0.3) is 5.69 Å². The number of nitro groups is 1. The molecule has 0 aromatic heterocycles. The van der Waals surface area contributed by atoms with E-state index < -0.39 is 6.29 Å². The van der Waals surface area contributed by atoms with Gasteiger partial charge in [-0.05, 0) is 71.0 Å². The molecule has 0 aliphatic carbocycles. The summed E-state index contributed by atoms with van der Waals surface area (Å²) in [7, 11) is 0. The molecule has 2 saturated heterocycles. The van der Waals surface area contributed by atoms with Crippen LogP contribution in [0.3, 0.4) is 0 Å². The van der Waals surface area contributed by atoms with Gasteiger partial charge in [-0.1, -0.05) is 78.9 Å². The Morgan fingerprint density at radius 2 is 1.47 bits per heavy atom.